The molecule has 5 nitrogen and oxygen atoms in total. The first kappa shape index (κ1) is 14.1. The Hall–Kier alpha value is -0.880. The zero-order valence-corrected chi connectivity index (χ0v) is 9.59. The Morgan fingerprint density at radius 3 is 2.60 bits per heavy atom. The van der Waals surface area contributed by atoms with Gasteiger partial charge in [0.25, 0.3) is 0 Å². The molecule has 0 saturated carbocycles. The van der Waals surface area contributed by atoms with E-state index in [4.69, 9.17) is 5.11 Å². The molecule has 0 fully saturated rings. The fraction of sp³-hybridized carbons (Fsp3) is 0.667. The third kappa shape index (κ3) is 6.24. The Morgan fingerprint density at radius 1 is 1.60 bits per heavy atom. The van der Waals surface area contributed by atoms with Crippen molar-refractivity contribution < 1.29 is 18.3 Å². The zero-order chi connectivity index (χ0) is 11.9. The number of carbonyl (C=O) groups is 1. The van der Waals surface area contributed by atoms with Gasteiger partial charge in [-0.05, 0) is 6.42 Å². The first-order valence-corrected chi connectivity index (χ1v) is 6.42. The minimum absolute atomic E-state index is 0.261. The summed E-state index contributed by atoms with van der Waals surface area (Å²) in [5, 5.41) is 8.78. The van der Waals surface area contributed by atoms with E-state index in [1.165, 1.54) is 6.08 Å². The zero-order valence-electron chi connectivity index (χ0n) is 8.77. The molecule has 0 radical (unpaired) electrons. The predicted molar refractivity (Wildman–Crippen MR) is 58.1 cm³/mol. The summed E-state index contributed by atoms with van der Waals surface area (Å²) >= 11 is 0. The van der Waals surface area contributed by atoms with Crippen LogP contribution in [0.2, 0.25) is 0 Å². The minimum Gasteiger partial charge on any atom is -0.480 e. The van der Waals surface area contributed by atoms with Gasteiger partial charge in [0.15, 0.2) is 0 Å². The normalized spacial score (nSPS) is 13.4. The molecule has 0 spiro atoms. The molecule has 0 aromatic heterocycles. The molecule has 0 amide bonds. The number of rotatable bonds is 8. The van der Waals surface area contributed by atoms with E-state index >= 15 is 0 Å². The molecular formula is C9H17NO4S. The SMILES string of the molecule is C=CCS(=O)(=O)N[C@@H](CCCC)C(=O)O. The highest BCUT2D eigenvalue weighted by atomic mass is 32.2. The molecule has 6 heteroatoms. The maximum absolute atomic E-state index is 11.3. The second kappa shape index (κ2) is 6.58. The first-order chi connectivity index (χ1) is 6.93. The number of sulfonamides is 1. The molecule has 2 N–H and O–H groups in total. The third-order valence-electron chi connectivity index (χ3n) is 1.80. The molecule has 0 bridgehead atoms. The molecule has 0 saturated heterocycles. The number of carboxylic acid groups (broad SMARTS) is 1. The van der Waals surface area contributed by atoms with Crippen LogP contribution in [0, 0.1) is 0 Å². The number of hydrogen-bond donors (Lipinski definition) is 2. The Balaban J connectivity index is 4.40. The van der Waals surface area contributed by atoms with Crippen LogP contribution >= 0.6 is 0 Å². The predicted octanol–water partition coefficient (Wildman–Crippen LogP) is 0.735. The molecule has 0 aliphatic rings. The van der Waals surface area contributed by atoms with Crippen molar-refractivity contribution in [3.05, 3.63) is 12.7 Å². The lowest BCUT2D eigenvalue weighted by atomic mass is 10.1. The molecule has 0 rings (SSSR count). The molecule has 15 heavy (non-hydrogen) atoms. The van der Waals surface area contributed by atoms with Gasteiger partial charge in [-0.25, -0.2) is 13.1 Å². The molecule has 1 atom stereocenters. The van der Waals surface area contributed by atoms with Gasteiger partial charge < -0.3 is 5.11 Å². The highest BCUT2D eigenvalue weighted by Gasteiger charge is 2.22. The number of unbranched alkanes of at least 4 members (excludes halogenated alkanes) is 1. The summed E-state index contributed by atoms with van der Waals surface area (Å²) in [7, 11) is -3.56. The minimum atomic E-state index is -3.56. The van der Waals surface area contributed by atoms with E-state index < -0.39 is 22.0 Å². The van der Waals surface area contributed by atoms with Crippen molar-refractivity contribution in [3.63, 3.8) is 0 Å². The molecule has 0 aliphatic carbocycles. The Labute approximate surface area is 90.2 Å². The maximum atomic E-state index is 11.3. The topological polar surface area (TPSA) is 83.5 Å². The summed E-state index contributed by atoms with van der Waals surface area (Å²) in [5.74, 6) is -1.40. The standard InChI is InChI=1S/C9H17NO4S/c1-3-5-6-8(9(11)12)10-15(13,14)7-4-2/h4,8,10H,2-3,5-7H2,1H3,(H,11,12)/t8-/m0/s1. The number of carboxylic acids is 1. The van der Waals surface area contributed by atoms with Crippen LogP contribution in [0.5, 0.6) is 0 Å². The average Bonchev–Trinajstić information content (AvgIpc) is 2.11. The monoisotopic (exact) mass is 235 g/mol. The molecule has 0 unspecified atom stereocenters. The molecule has 0 aromatic carbocycles. The van der Waals surface area contributed by atoms with Crippen LogP contribution in [-0.2, 0) is 14.8 Å². The van der Waals surface area contributed by atoms with Crippen LogP contribution in [0.4, 0.5) is 0 Å². The highest BCUT2D eigenvalue weighted by Crippen LogP contribution is 2.02. The fourth-order valence-corrected chi connectivity index (χ4v) is 2.12. The van der Waals surface area contributed by atoms with Gasteiger partial charge in [-0.2, -0.15) is 0 Å². The van der Waals surface area contributed by atoms with Crippen LogP contribution in [-0.4, -0.2) is 31.3 Å². The first-order valence-electron chi connectivity index (χ1n) is 4.76. The van der Waals surface area contributed by atoms with Crippen LogP contribution in [0.15, 0.2) is 12.7 Å². The van der Waals surface area contributed by atoms with Crippen LogP contribution in [0.1, 0.15) is 26.2 Å². The number of hydrogen-bond acceptors (Lipinski definition) is 3. The van der Waals surface area contributed by atoms with E-state index in [1.807, 2.05) is 6.92 Å². The van der Waals surface area contributed by atoms with Crippen LogP contribution in [0.3, 0.4) is 0 Å². The summed E-state index contributed by atoms with van der Waals surface area (Å²) in [6.45, 7) is 5.21. The van der Waals surface area contributed by atoms with Gasteiger partial charge in [0.1, 0.15) is 6.04 Å². The quantitative estimate of drug-likeness (QED) is 0.608. The van der Waals surface area contributed by atoms with Crippen molar-refractivity contribution in [1.29, 1.82) is 0 Å². The van der Waals surface area contributed by atoms with Crippen LogP contribution < -0.4 is 4.72 Å². The van der Waals surface area contributed by atoms with Crippen molar-refractivity contribution in [3.8, 4) is 0 Å². The van der Waals surface area contributed by atoms with Gasteiger partial charge in [0.2, 0.25) is 10.0 Å². The van der Waals surface area contributed by atoms with E-state index in [0.717, 1.165) is 6.42 Å². The molecule has 0 aromatic rings. The highest BCUT2D eigenvalue weighted by molar-refractivity contribution is 7.89. The van der Waals surface area contributed by atoms with E-state index in [-0.39, 0.29) is 5.75 Å². The number of aliphatic carboxylic acids is 1. The van der Waals surface area contributed by atoms with Gasteiger partial charge in [-0.15, -0.1) is 6.58 Å². The van der Waals surface area contributed by atoms with Gasteiger partial charge in [0.05, 0.1) is 5.75 Å². The lowest BCUT2D eigenvalue weighted by molar-refractivity contribution is -0.139. The summed E-state index contributed by atoms with van der Waals surface area (Å²) in [4.78, 5) is 10.7. The van der Waals surface area contributed by atoms with E-state index in [2.05, 4.69) is 11.3 Å². The van der Waals surface area contributed by atoms with Gasteiger partial charge >= 0.3 is 5.97 Å². The molecule has 88 valence electrons. The number of nitrogens with one attached hydrogen (secondary N) is 1. The Bertz CT molecular complexity index is 310. The van der Waals surface area contributed by atoms with Crippen molar-refractivity contribution in [2.75, 3.05) is 5.75 Å². The second-order valence-electron chi connectivity index (χ2n) is 3.22. The maximum Gasteiger partial charge on any atom is 0.321 e. The summed E-state index contributed by atoms with van der Waals surface area (Å²) in [5.41, 5.74) is 0. The molecule has 0 heterocycles. The van der Waals surface area contributed by atoms with E-state index in [0.29, 0.717) is 12.8 Å². The summed E-state index contributed by atoms with van der Waals surface area (Å²) in [6, 6.07) is -1.03. The van der Waals surface area contributed by atoms with Crippen LogP contribution in [0.25, 0.3) is 0 Å². The Kier molecular flexibility index (Phi) is 6.19. The third-order valence-corrected chi connectivity index (χ3v) is 3.12. The molecule has 0 aliphatic heterocycles. The van der Waals surface area contributed by atoms with Gasteiger partial charge in [-0.3, -0.25) is 4.79 Å². The van der Waals surface area contributed by atoms with Gasteiger partial charge in [0, 0.05) is 0 Å². The summed E-state index contributed by atoms with van der Waals surface area (Å²) < 4.78 is 24.7. The van der Waals surface area contributed by atoms with E-state index in [1.54, 1.807) is 0 Å². The molecular weight excluding hydrogens is 218 g/mol. The largest absolute Gasteiger partial charge is 0.480 e. The van der Waals surface area contributed by atoms with Crippen molar-refractivity contribution in [2.24, 2.45) is 0 Å². The fourth-order valence-electron chi connectivity index (χ4n) is 1.06. The van der Waals surface area contributed by atoms with Crippen molar-refractivity contribution >= 4 is 16.0 Å². The lowest BCUT2D eigenvalue weighted by Crippen LogP contribution is -2.41. The summed E-state index contributed by atoms with van der Waals surface area (Å²) in [6.07, 6.45) is 3.03. The second-order valence-corrected chi connectivity index (χ2v) is 5.02. The smallest absolute Gasteiger partial charge is 0.321 e. The van der Waals surface area contributed by atoms with Gasteiger partial charge in [-0.1, -0.05) is 25.8 Å². The average molecular weight is 235 g/mol. The van der Waals surface area contributed by atoms with Crippen molar-refractivity contribution in [2.45, 2.75) is 32.2 Å². The Morgan fingerprint density at radius 2 is 2.20 bits per heavy atom. The van der Waals surface area contributed by atoms with E-state index in [9.17, 15) is 13.2 Å². The van der Waals surface area contributed by atoms with Crippen molar-refractivity contribution in [1.82, 2.24) is 4.72 Å². The lowest BCUT2D eigenvalue weighted by Gasteiger charge is -2.13.